The van der Waals surface area contributed by atoms with Crippen LogP contribution >= 0.6 is 0 Å². The molecule has 1 N–H and O–H groups in total. The summed E-state index contributed by atoms with van der Waals surface area (Å²) >= 11 is 0. The summed E-state index contributed by atoms with van der Waals surface area (Å²) in [6.45, 7) is 6.50. The van der Waals surface area contributed by atoms with Crippen LogP contribution in [0.25, 0.3) is 10.9 Å². The number of aromatic amines is 1. The Morgan fingerprint density at radius 1 is 1.28 bits per heavy atom. The van der Waals surface area contributed by atoms with E-state index in [1.165, 1.54) is 5.56 Å². The molecule has 0 amide bonds. The van der Waals surface area contributed by atoms with Crippen molar-refractivity contribution in [3.63, 3.8) is 0 Å². The Balaban J connectivity index is 2.60. The number of pyridine rings is 1. The molecule has 2 rings (SSSR count). The SMILES string of the molecule is CCCc1cccc2c(=O)cc(CC(C)C)[nH]c12. The Labute approximate surface area is 108 Å². The van der Waals surface area contributed by atoms with E-state index in [4.69, 9.17) is 0 Å². The molecule has 2 nitrogen and oxygen atoms in total. The van der Waals surface area contributed by atoms with Crippen molar-refractivity contribution in [3.8, 4) is 0 Å². The molecule has 0 fully saturated rings. The fraction of sp³-hybridized carbons (Fsp3) is 0.438. The van der Waals surface area contributed by atoms with Crippen molar-refractivity contribution in [2.75, 3.05) is 0 Å². The van der Waals surface area contributed by atoms with Crippen LogP contribution in [0.2, 0.25) is 0 Å². The largest absolute Gasteiger partial charge is 0.358 e. The van der Waals surface area contributed by atoms with Gasteiger partial charge in [-0.05, 0) is 30.4 Å². The van der Waals surface area contributed by atoms with Gasteiger partial charge in [0.2, 0.25) is 0 Å². The quantitative estimate of drug-likeness (QED) is 0.873. The van der Waals surface area contributed by atoms with Gasteiger partial charge in [0.1, 0.15) is 0 Å². The predicted molar refractivity (Wildman–Crippen MR) is 77.1 cm³/mol. The van der Waals surface area contributed by atoms with E-state index in [1.54, 1.807) is 6.07 Å². The number of nitrogens with one attached hydrogen (secondary N) is 1. The van der Waals surface area contributed by atoms with Crippen molar-refractivity contribution in [1.82, 2.24) is 4.98 Å². The average Bonchev–Trinajstić information content (AvgIpc) is 2.30. The zero-order chi connectivity index (χ0) is 13.1. The van der Waals surface area contributed by atoms with Gasteiger partial charge in [-0.15, -0.1) is 0 Å². The third kappa shape index (κ3) is 2.63. The molecule has 0 saturated carbocycles. The number of fused-ring (bicyclic) bond motifs is 1. The highest BCUT2D eigenvalue weighted by atomic mass is 16.1. The Hall–Kier alpha value is -1.57. The van der Waals surface area contributed by atoms with E-state index in [9.17, 15) is 4.79 Å². The van der Waals surface area contributed by atoms with Gasteiger partial charge in [0.15, 0.2) is 5.43 Å². The number of H-pyrrole nitrogens is 1. The average molecular weight is 243 g/mol. The summed E-state index contributed by atoms with van der Waals surface area (Å²) in [6, 6.07) is 7.75. The zero-order valence-electron chi connectivity index (χ0n) is 11.4. The van der Waals surface area contributed by atoms with Gasteiger partial charge in [0.25, 0.3) is 0 Å². The molecule has 1 aromatic carbocycles. The predicted octanol–water partition coefficient (Wildman–Crippen LogP) is 3.68. The van der Waals surface area contributed by atoms with Crippen LogP contribution in [0, 0.1) is 5.92 Å². The van der Waals surface area contributed by atoms with E-state index in [-0.39, 0.29) is 5.43 Å². The van der Waals surface area contributed by atoms with Crippen molar-refractivity contribution in [3.05, 3.63) is 45.7 Å². The number of hydrogen-bond donors (Lipinski definition) is 1. The van der Waals surface area contributed by atoms with Gasteiger partial charge in [-0.2, -0.15) is 0 Å². The minimum absolute atomic E-state index is 0.136. The summed E-state index contributed by atoms with van der Waals surface area (Å²) in [7, 11) is 0. The first-order valence-corrected chi connectivity index (χ1v) is 6.75. The van der Waals surface area contributed by atoms with Gasteiger partial charge >= 0.3 is 0 Å². The zero-order valence-corrected chi connectivity index (χ0v) is 11.4. The summed E-state index contributed by atoms with van der Waals surface area (Å²) in [5, 5.41) is 0.813. The highest BCUT2D eigenvalue weighted by Crippen LogP contribution is 2.17. The van der Waals surface area contributed by atoms with E-state index in [0.29, 0.717) is 5.92 Å². The van der Waals surface area contributed by atoms with Crippen LogP contribution in [0.5, 0.6) is 0 Å². The molecule has 0 aliphatic heterocycles. The summed E-state index contributed by atoms with van der Waals surface area (Å²) < 4.78 is 0. The summed E-state index contributed by atoms with van der Waals surface area (Å²) in [5.74, 6) is 0.552. The maximum atomic E-state index is 12.1. The molecule has 0 saturated heterocycles. The highest BCUT2D eigenvalue weighted by molar-refractivity contribution is 5.81. The van der Waals surface area contributed by atoms with E-state index in [1.807, 2.05) is 12.1 Å². The molecule has 96 valence electrons. The number of rotatable bonds is 4. The molecule has 0 spiro atoms. The normalized spacial score (nSPS) is 11.3. The van der Waals surface area contributed by atoms with E-state index < -0.39 is 0 Å². The molecule has 1 aromatic heterocycles. The standard InChI is InChI=1S/C16H21NO/c1-4-6-12-7-5-8-14-15(18)10-13(9-11(2)3)17-16(12)14/h5,7-8,10-11H,4,6,9H2,1-3H3,(H,17,18). The van der Waals surface area contributed by atoms with Gasteiger partial charge in [-0.1, -0.05) is 39.3 Å². The Morgan fingerprint density at radius 3 is 2.72 bits per heavy atom. The van der Waals surface area contributed by atoms with Crippen molar-refractivity contribution in [2.45, 2.75) is 40.0 Å². The molecule has 0 aliphatic carbocycles. The first-order valence-electron chi connectivity index (χ1n) is 6.75. The smallest absolute Gasteiger partial charge is 0.189 e. The first-order chi connectivity index (χ1) is 8.61. The molecule has 0 aliphatic rings. The lowest BCUT2D eigenvalue weighted by Crippen LogP contribution is -2.08. The van der Waals surface area contributed by atoms with E-state index >= 15 is 0 Å². The van der Waals surface area contributed by atoms with Crippen molar-refractivity contribution >= 4 is 10.9 Å². The molecule has 18 heavy (non-hydrogen) atoms. The molecule has 1 heterocycles. The van der Waals surface area contributed by atoms with Gasteiger partial charge in [-0.25, -0.2) is 0 Å². The van der Waals surface area contributed by atoms with Crippen LogP contribution in [-0.2, 0) is 12.8 Å². The van der Waals surface area contributed by atoms with Crippen LogP contribution < -0.4 is 5.43 Å². The van der Waals surface area contributed by atoms with Crippen LogP contribution in [-0.4, -0.2) is 4.98 Å². The second-order valence-corrected chi connectivity index (χ2v) is 5.35. The molecule has 0 unspecified atom stereocenters. The molecular weight excluding hydrogens is 222 g/mol. The number of para-hydroxylation sites is 1. The first kappa shape index (κ1) is 12.9. The van der Waals surface area contributed by atoms with Crippen molar-refractivity contribution in [2.24, 2.45) is 5.92 Å². The topological polar surface area (TPSA) is 32.9 Å². The molecule has 0 radical (unpaired) electrons. The number of benzene rings is 1. The summed E-state index contributed by atoms with van der Waals surface area (Å²) in [4.78, 5) is 15.6. The lowest BCUT2D eigenvalue weighted by Gasteiger charge is -2.10. The fourth-order valence-corrected chi connectivity index (χ4v) is 2.41. The Kier molecular flexibility index (Phi) is 3.85. The van der Waals surface area contributed by atoms with Gasteiger partial charge in [0, 0.05) is 17.1 Å². The molecule has 2 aromatic rings. The van der Waals surface area contributed by atoms with Crippen LogP contribution in [0.15, 0.2) is 29.1 Å². The van der Waals surface area contributed by atoms with Crippen LogP contribution in [0.4, 0.5) is 0 Å². The minimum Gasteiger partial charge on any atom is -0.358 e. The van der Waals surface area contributed by atoms with Crippen molar-refractivity contribution < 1.29 is 0 Å². The third-order valence-corrected chi connectivity index (χ3v) is 3.15. The lowest BCUT2D eigenvalue weighted by atomic mass is 10.0. The second kappa shape index (κ2) is 5.38. The Morgan fingerprint density at radius 2 is 2.06 bits per heavy atom. The summed E-state index contributed by atoms with van der Waals surface area (Å²) in [5.41, 5.74) is 3.46. The van der Waals surface area contributed by atoms with E-state index in [2.05, 4.69) is 31.8 Å². The van der Waals surface area contributed by atoms with Gasteiger partial charge in [-0.3, -0.25) is 4.79 Å². The number of hydrogen-bond acceptors (Lipinski definition) is 1. The maximum Gasteiger partial charge on any atom is 0.189 e. The van der Waals surface area contributed by atoms with E-state index in [0.717, 1.165) is 35.9 Å². The van der Waals surface area contributed by atoms with Crippen LogP contribution in [0.3, 0.4) is 0 Å². The van der Waals surface area contributed by atoms with Crippen molar-refractivity contribution in [1.29, 1.82) is 0 Å². The van der Waals surface area contributed by atoms with Gasteiger partial charge < -0.3 is 4.98 Å². The number of aryl methyl sites for hydroxylation is 1. The minimum atomic E-state index is 0.136. The molecular formula is C16H21NO. The lowest BCUT2D eigenvalue weighted by molar-refractivity contribution is 0.636. The van der Waals surface area contributed by atoms with Gasteiger partial charge in [0.05, 0.1) is 5.52 Å². The molecule has 2 heteroatoms. The second-order valence-electron chi connectivity index (χ2n) is 5.35. The van der Waals surface area contributed by atoms with Crippen LogP contribution in [0.1, 0.15) is 38.4 Å². The Bertz CT molecular complexity index is 596. The highest BCUT2D eigenvalue weighted by Gasteiger charge is 2.07. The third-order valence-electron chi connectivity index (χ3n) is 3.15. The fourth-order valence-electron chi connectivity index (χ4n) is 2.41. The number of aromatic nitrogens is 1. The molecule has 0 atom stereocenters. The monoisotopic (exact) mass is 243 g/mol. The molecule has 0 bridgehead atoms. The maximum absolute atomic E-state index is 12.1. The summed E-state index contributed by atoms with van der Waals surface area (Å²) in [6.07, 6.45) is 3.03.